The zero-order chi connectivity index (χ0) is 23.5. The summed E-state index contributed by atoms with van der Waals surface area (Å²) in [5.74, 6) is -1.18. The van der Waals surface area contributed by atoms with Crippen LogP contribution in [0.3, 0.4) is 0 Å². The van der Waals surface area contributed by atoms with E-state index in [1.165, 1.54) is 29.7 Å². The van der Waals surface area contributed by atoms with E-state index in [1.807, 2.05) is 0 Å². The lowest BCUT2D eigenvalue weighted by atomic mass is 10.2. The van der Waals surface area contributed by atoms with Gasteiger partial charge in [-0.3, -0.25) is 5.21 Å². The highest BCUT2D eigenvalue weighted by Crippen LogP contribution is 2.28. The third-order valence-corrected chi connectivity index (χ3v) is 6.49. The van der Waals surface area contributed by atoms with Crippen LogP contribution >= 0.6 is 0 Å². The molecule has 1 heterocycles. The van der Waals surface area contributed by atoms with Crippen LogP contribution in [0.1, 0.15) is 19.4 Å². The van der Waals surface area contributed by atoms with Crippen molar-refractivity contribution in [2.75, 3.05) is 6.54 Å². The average Bonchev–Trinajstić information content (AvgIpc) is 2.73. The standard InChI is InChI=1S/C20H22F2N2O7S/c1-12-10-24(19(13(2)30-12)31-20(25)23-26)32(27,28)18-5-3-17(4-6-18)29-11-14-7-15(21)9-16(22)8-14/h3-9,12-13,19,26H,10-11H2,1-2H3,(H,23,25)/t12-,13-,19+/m0/s1. The van der Waals surface area contributed by atoms with E-state index in [0.717, 1.165) is 22.5 Å². The van der Waals surface area contributed by atoms with E-state index in [2.05, 4.69) is 0 Å². The Morgan fingerprint density at radius 1 is 1.19 bits per heavy atom. The fourth-order valence-corrected chi connectivity index (χ4v) is 4.94. The largest absolute Gasteiger partial charge is 0.489 e. The summed E-state index contributed by atoms with van der Waals surface area (Å²) in [7, 11) is -4.11. The third kappa shape index (κ3) is 5.51. The van der Waals surface area contributed by atoms with E-state index in [4.69, 9.17) is 19.4 Å². The molecule has 1 amide bonds. The zero-order valence-electron chi connectivity index (χ0n) is 17.2. The molecule has 0 saturated carbocycles. The molecular formula is C20H22F2N2O7S. The van der Waals surface area contributed by atoms with Crippen LogP contribution in [0.25, 0.3) is 0 Å². The van der Waals surface area contributed by atoms with Crippen LogP contribution in [0.15, 0.2) is 47.4 Å². The van der Waals surface area contributed by atoms with E-state index >= 15 is 0 Å². The van der Waals surface area contributed by atoms with Crippen molar-refractivity contribution >= 4 is 16.1 Å². The first-order valence-electron chi connectivity index (χ1n) is 9.56. The smallest absolute Gasteiger partial charge is 0.432 e. The predicted molar refractivity (Wildman–Crippen MR) is 106 cm³/mol. The molecule has 0 bridgehead atoms. The lowest BCUT2D eigenvalue weighted by molar-refractivity contribution is -0.151. The number of hydrogen-bond acceptors (Lipinski definition) is 7. The Balaban J connectivity index is 1.77. The Hall–Kier alpha value is -2.80. The topological polar surface area (TPSA) is 114 Å². The van der Waals surface area contributed by atoms with Crippen LogP contribution in [0.2, 0.25) is 0 Å². The van der Waals surface area contributed by atoms with Crippen molar-refractivity contribution in [3.8, 4) is 5.75 Å². The summed E-state index contributed by atoms with van der Waals surface area (Å²) in [6, 6.07) is 8.39. The van der Waals surface area contributed by atoms with Gasteiger partial charge >= 0.3 is 6.09 Å². The van der Waals surface area contributed by atoms with Crippen LogP contribution in [0.4, 0.5) is 13.6 Å². The molecular weight excluding hydrogens is 450 g/mol. The fraction of sp³-hybridized carbons (Fsp3) is 0.350. The predicted octanol–water partition coefficient (Wildman–Crippen LogP) is 2.78. The number of hydroxylamine groups is 1. The Bertz CT molecular complexity index is 1050. The van der Waals surface area contributed by atoms with Crippen LogP contribution in [-0.4, -0.2) is 49.0 Å². The number of nitrogens with one attached hydrogen (secondary N) is 1. The maximum atomic E-state index is 13.3. The Morgan fingerprint density at radius 2 is 1.81 bits per heavy atom. The summed E-state index contributed by atoms with van der Waals surface area (Å²) < 4.78 is 69.9. The molecule has 1 aliphatic rings. The van der Waals surface area contributed by atoms with Gasteiger partial charge < -0.3 is 14.2 Å². The van der Waals surface area contributed by atoms with Crippen molar-refractivity contribution in [3.63, 3.8) is 0 Å². The van der Waals surface area contributed by atoms with Gasteiger partial charge in [0.2, 0.25) is 10.0 Å². The van der Waals surface area contributed by atoms with Crippen LogP contribution < -0.4 is 10.2 Å². The molecule has 0 radical (unpaired) electrons. The van der Waals surface area contributed by atoms with Gasteiger partial charge in [0.15, 0.2) is 6.23 Å². The van der Waals surface area contributed by atoms with Crippen molar-refractivity contribution in [2.45, 2.75) is 43.8 Å². The number of nitrogens with zero attached hydrogens (tertiary/aromatic N) is 1. The van der Waals surface area contributed by atoms with Gasteiger partial charge in [0.05, 0.1) is 11.0 Å². The number of carbonyl (C=O) groups is 1. The molecule has 3 atom stereocenters. The lowest BCUT2D eigenvalue weighted by Gasteiger charge is -2.40. The molecule has 2 N–H and O–H groups in total. The van der Waals surface area contributed by atoms with E-state index in [9.17, 15) is 22.0 Å². The number of sulfonamides is 1. The maximum Gasteiger partial charge on any atom is 0.432 e. The fourth-order valence-electron chi connectivity index (χ4n) is 3.30. The minimum atomic E-state index is -4.11. The van der Waals surface area contributed by atoms with Crippen molar-refractivity contribution in [3.05, 3.63) is 59.7 Å². The van der Waals surface area contributed by atoms with Crippen LogP contribution in [-0.2, 0) is 26.1 Å². The van der Waals surface area contributed by atoms with Gasteiger partial charge in [-0.15, -0.1) is 0 Å². The number of carbonyl (C=O) groups excluding carboxylic acids is 1. The molecule has 1 saturated heterocycles. The molecule has 2 aromatic carbocycles. The quantitative estimate of drug-likeness (QED) is 0.491. The minimum absolute atomic E-state index is 0.0839. The maximum absolute atomic E-state index is 13.3. The molecule has 9 nitrogen and oxygen atoms in total. The summed E-state index contributed by atoms with van der Waals surface area (Å²) in [4.78, 5) is 11.4. The van der Waals surface area contributed by atoms with Gasteiger partial charge in [0, 0.05) is 12.6 Å². The van der Waals surface area contributed by atoms with Gasteiger partial charge in [0.1, 0.15) is 30.1 Å². The minimum Gasteiger partial charge on any atom is -0.489 e. The summed E-state index contributed by atoms with van der Waals surface area (Å²) >= 11 is 0. The van der Waals surface area contributed by atoms with Gasteiger partial charge in [-0.1, -0.05) is 0 Å². The second kappa shape index (κ2) is 9.77. The first-order valence-corrected chi connectivity index (χ1v) is 11.0. The SMILES string of the molecule is C[C@@H]1O[C@@H](C)CN(S(=O)(=O)c2ccc(OCc3cc(F)cc(F)c3)cc2)[C@@H]1OC(=O)NO. The number of rotatable bonds is 6. The normalized spacial score (nSPS) is 21.7. The first-order chi connectivity index (χ1) is 15.1. The molecule has 1 fully saturated rings. The first kappa shape index (κ1) is 23.9. The van der Waals surface area contributed by atoms with Gasteiger partial charge in [0.25, 0.3) is 0 Å². The second-order valence-electron chi connectivity index (χ2n) is 7.17. The van der Waals surface area contributed by atoms with Gasteiger partial charge in [-0.2, -0.15) is 4.31 Å². The zero-order valence-corrected chi connectivity index (χ0v) is 18.0. The highest BCUT2D eigenvalue weighted by Gasteiger charge is 2.43. The third-order valence-electron chi connectivity index (χ3n) is 4.65. The Kier molecular flexibility index (Phi) is 7.29. The molecule has 32 heavy (non-hydrogen) atoms. The molecule has 174 valence electrons. The van der Waals surface area contributed by atoms with Gasteiger partial charge in [-0.25, -0.2) is 27.5 Å². The van der Waals surface area contributed by atoms with Crippen LogP contribution in [0.5, 0.6) is 5.75 Å². The molecule has 12 heteroatoms. The van der Waals surface area contributed by atoms with E-state index in [1.54, 1.807) is 13.8 Å². The van der Waals surface area contributed by atoms with Crippen molar-refractivity contribution in [1.29, 1.82) is 0 Å². The summed E-state index contributed by atoms with van der Waals surface area (Å²) in [5.41, 5.74) is 1.57. The summed E-state index contributed by atoms with van der Waals surface area (Å²) in [6.45, 7) is 3.01. The van der Waals surface area contributed by atoms with E-state index < -0.39 is 46.2 Å². The molecule has 1 aliphatic heterocycles. The summed E-state index contributed by atoms with van der Waals surface area (Å²) in [5, 5.41) is 8.71. The number of morpholine rings is 1. The molecule has 0 spiro atoms. The monoisotopic (exact) mass is 472 g/mol. The number of halogens is 2. The van der Waals surface area contributed by atoms with Crippen molar-refractivity contribution in [2.24, 2.45) is 0 Å². The van der Waals surface area contributed by atoms with Crippen molar-refractivity contribution < 1.29 is 41.4 Å². The Morgan fingerprint density at radius 3 is 2.41 bits per heavy atom. The second-order valence-corrected chi connectivity index (χ2v) is 9.06. The lowest BCUT2D eigenvalue weighted by Crippen LogP contribution is -2.57. The van der Waals surface area contributed by atoms with E-state index in [0.29, 0.717) is 0 Å². The van der Waals surface area contributed by atoms with Crippen molar-refractivity contribution in [1.82, 2.24) is 9.79 Å². The highest BCUT2D eigenvalue weighted by molar-refractivity contribution is 7.89. The number of hydrogen-bond donors (Lipinski definition) is 2. The molecule has 0 aromatic heterocycles. The molecule has 2 aromatic rings. The number of ether oxygens (including phenoxy) is 3. The molecule has 0 unspecified atom stereocenters. The highest BCUT2D eigenvalue weighted by atomic mass is 32.2. The molecule has 0 aliphatic carbocycles. The number of amides is 1. The number of benzene rings is 2. The van der Waals surface area contributed by atoms with E-state index in [-0.39, 0.29) is 29.4 Å². The summed E-state index contributed by atoms with van der Waals surface area (Å²) in [6.07, 6.45) is -3.79. The molecule has 3 rings (SSSR count). The van der Waals surface area contributed by atoms with Crippen LogP contribution in [0, 0.1) is 11.6 Å². The van der Waals surface area contributed by atoms with Gasteiger partial charge in [-0.05, 0) is 55.8 Å². The Labute approximate surface area is 183 Å². The average molecular weight is 472 g/mol.